The minimum Gasteiger partial charge on any atom is -0.390 e. The van der Waals surface area contributed by atoms with Gasteiger partial charge < -0.3 is 15.3 Å². The van der Waals surface area contributed by atoms with E-state index >= 15 is 0 Å². The molecule has 0 radical (unpaired) electrons. The van der Waals surface area contributed by atoms with Crippen LogP contribution in [0.4, 0.5) is 0 Å². The molecule has 3 nitrogen and oxygen atoms in total. The Balaban J connectivity index is 1.67. The molecule has 0 aromatic rings. The number of hydrogen-bond donors (Lipinski definition) is 3. The van der Waals surface area contributed by atoms with Crippen molar-refractivity contribution in [2.75, 3.05) is 0 Å². The predicted molar refractivity (Wildman–Crippen MR) is 124 cm³/mol. The molecule has 0 spiro atoms. The number of hydrogen-bond acceptors (Lipinski definition) is 3. The molecule has 3 rings (SSSR count). The van der Waals surface area contributed by atoms with E-state index in [4.69, 9.17) is 0 Å². The lowest BCUT2D eigenvalue weighted by atomic mass is 9.60. The molecule has 0 bridgehead atoms. The van der Waals surface area contributed by atoms with Crippen molar-refractivity contribution in [3.05, 3.63) is 35.5 Å². The smallest absolute Gasteiger partial charge is 0.0809 e. The van der Waals surface area contributed by atoms with Gasteiger partial charge in [0.1, 0.15) is 0 Å². The zero-order chi connectivity index (χ0) is 22.1. The van der Waals surface area contributed by atoms with Crippen LogP contribution >= 0.6 is 0 Å². The molecule has 3 saturated carbocycles. The highest BCUT2D eigenvalue weighted by molar-refractivity contribution is 5.29. The molecular formula is C27H44O3. The maximum Gasteiger partial charge on any atom is 0.0809 e. The van der Waals surface area contributed by atoms with Gasteiger partial charge in [0.15, 0.2) is 0 Å². The van der Waals surface area contributed by atoms with Crippen molar-refractivity contribution in [2.45, 2.75) is 110 Å². The number of fused-ring (bicyclic) bond motifs is 1. The monoisotopic (exact) mass is 416 g/mol. The van der Waals surface area contributed by atoms with E-state index in [1.807, 2.05) is 13.8 Å². The Morgan fingerprint density at radius 2 is 1.83 bits per heavy atom. The van der Waals surface area contributed by atoms with Crippen molar-refractivity contribution in [3.8, 4) is 0 Å². The van der Waals surface area contributed by atoms with Crippen LogP contribution in [0.5, 0.6) is 0 Å². The van der Waals surface area contributed by atoms with Gasteiger partial charge >= 0.3 is 0 Å². The van der Waals surface area contributed by atoms with Crippen LogP contribution in [0.3, 0.4) is 0 Å². The van der Waals surface area contributed by atoms with Crippen LogP contribution in [0.15, 0.2) is 35.5 Å². The summed E-state index contributed by atoms with van der Waals surface area (Å²) in [4.78, 5) is 0. The first kappa shape index (κ1) is 23.8. The summed E-state index contributed by atoms with van der Waals surface area (Å²) in [7, 11) is 0. The Labute approximate surface area is 184 Å². The second-order valence-corrected chi connectivity index (χ2v) is 11.4. The van der Waals surface area contributed by atoms with Crippen LogP contribution in [0.25, 0.3) is 0 Å². The summed E-state index contributed by atoms with van der Waals surface area (Å²) in [6, 6.07) is 0. The molecule has 0 aromatic carbocycles. The first-order valence-corrected chi connectivity index (χ1v) is 12.2. The fourth-order valence-corrected chi connectivity index (χ4v) is 6.70. The van der Waals surface area contributed by atoms with E-state index in [1.165, 1.54) is 38.5 Å². The third-order valence-electron chi connectivity index (χ3n) is 8.47. The van der Waals surface area contributed by atoms with Gasteiger partial charge in [0.2, 0.25) is 0 Å². The van der Waals surface area contributed by atoms with Gasteiger partial charge in [-0.05, 0) is 94.0 Å². The molecule has 0 aliphatic heterocycles. The molecule has 3 fully saturated rings. The fraction of sp³-hybridized carbons (Fsp3) is 0.778. The van der Waals surface area contributed by atoms with Crippen molar-refractivity contribution in [2.24, 2.45) is 23.2 Å². The molecule has 3 heteroatoms. The highest BCUT2D eigenvalue weighted by atomic mass is 16.3. The van der Waals surface area contributed by atoms with Gasteiger partial charge in [-0.25, -0.2) is 0 Å². The third-order valence-corrected chi connectivity index (χ3v) is 8.47. The molecule has 0 heterocycles. The van der Waals surface area contributed by atoms with Gasteiger partial charge in [-0.2, -0.15) is 0 Å². The molecule has 30 heavy (non-hydrogen) atoms. The molecule has 3 aliphatic rings. The van der Waals surface area contributed by atoms with Gasteiger partial charge in [-0.1, -0.05) is 56.6 Å². The maximum absolute atomic E-state index is 10.1. The van der Waals surface area contributed by atoms with Gasteiger partial charge in [0, 0.05) is 0 Å². The van der Waals surface area contributed by atoms with Gasteiger partial charge in [0.05, 0.1) is 17.8 Å². The molecule has 0 amide bonds. The molecule has 4 unspecified atom stereocenters. The first-order chi connectivity index (χ1) is 14.0. The summed E-state index contributed by atoms with van der Waals surface area (Å²) >= 11 is 0. The predicted octanol–water partition coefficient (Wildman–Crippen LogP) is 5.70. The summed E-state index contributed by atoms with van der Waals surface area (Å²) in [6.45, 7) is 12.6. The topological polar surface area (TPSA) is 60.7 Å². The summed E-state index contributed by atoms with van der Waals surface area (Å²) < 4.78 is 0. The number of aliphatic hydroxyl groups excluding tert-OH is 2. The maximum atomic E-state index is 10.1. The van der Waals surface area contributed by atoms with E-state index in [1.54, 1.807) is 5.57 Å². The van der Waals surface area contributed by atoms with E-state index in [2.05, 4.69) is 32.6 Å². The van der Waals surface area contributed by atoms with E-state index < -0.39 is 17.8 Å². The van der Waals surface area contributed by atoms with Crippen LogP contribution < -0.4 is 0 Å². The molecule has 0 aromatic heterocycles. The van der Waals surface area contributed by atoms with Crippen molar-refractivity contribution in [3.63, 3.8) is 0 Å². The van der Waals surface area contributed by atoms with Crippen LogP contribution in [-0.4, -0.2) is 33.1 Å². The Morgan fingerprint density at radius 1 is 1.17 bits per heavy atom. The Bertz CT molecular complexity index is 667. The molecule has 170 valence electrons. The Hall–Kier alpha value is -0.900. The average Bonchev–Trinajstić information content (AvgIpc) is 3.00. The lowest BCUT2D eigenvalue weighted by molar-refractivity contribution is 0.0596. The van der Waals surface area contributed by atoms with Crippen molar-refractivity contribution in [1.82, 2.24) is 0 Å². The Kier molecular flexibility index (Phi) is 7.37. The van der Waals surface area contributed by atoms with Crippen molar-refractivity contribution < 1.29 is 15.3 Å². The lowest BCUT2D eigenvalue weighted by Gasteiger charge is -2.44. The molecule has 3 aliphatic carbocycles. The largest absolute Gasteiger partial charge is 0.390 e. The van der Waals surface area contributed by atoms with Gasteiger partial charge in [0.25, 0.3) is 0 Å². The zero-order valence-corrected chi connectivity index (χ0v) is 19.7. The average molecular weight is 417 g/mol. The van der Waals surface area contributed by atoms with Crippen molar-refractivity contribution >= 4 is 0 Å². The molecule has 6 atom stereocenters. The Morgan fingerprint density at radius 3 is 2.47 bits per heavy atom. The van der Waals surface area contributed by atoms with Crippen molar-refractivity contribution in [1.29, 1.82) is 0 Å². The first-order valence-electron chi connectivity index (χ1n) is 12.2. The van der Waals surface area contributed by atoms with E-state index in [-0.39, 0.29) is 0 Å². The third kappa shape index (κ3) is 5.29. The van der Waals surface area contributed by atoms with E-state index in [0.29, 0.717) is 35.7 Å². The summed E-state index contributed by atoms with van der Waals surface area (Å²) in [5.41, 5.74) is 3.11. The number of aliphatic hydroxyl groups is 3. The normalized spacial score (nSPS) is 37.4. The van der Waals surface area contributed by atoms with E-state index in [9.17, 15) is 15.3 Å². The quantitative estimate of drug-likeness (QED) is 0.486. The number of rotatable bonds is 6. The van der Waals surface area contributed by atoms with Gasteiger partial charge in [-0.15, -0.1) is 0 Å². The summed E-state index contributed by atoms with van der Waals surface area (Å²) in [6.07, 6.45) is 14.0. The summed E-state index contributed by atoms with van der Waals surface area (Å²) in [5, 5.41) is 30.3. The van der Waals surface area contributed by atoms with Crippen LogP contribution in [0.2, 0.25) is 0 Å². The second-order valence-electron chi connectivity index (χ2n) is 11.4. The highest BCUT2D eigenvalue weighted by Gasteiger charge is 2.50. The molecule has 0 saturated heterocycles. The second kappa shape index (κ2) is 9.30. The van der Waals surface area contributed by atoms with Crippen LogP contribution in [-0.2, 0) is 0 Å². The van der Waals surface area contributed by atoms with Gasteiger partial charge in [-0.3, -0.25) is 0 Å². The fourth-order valence-electron chi connectivity index (χ4n) is 6.70. The standard InChI is InChI=1S/C27H44O3/c1-18(8-6-14-26(3,4)30)22-12-13-23-21(9-7-15-27(22,23)5)11-10-20-16-24(28)19(2)25(29)17-20/h10-11,18,22-25,28-30H,2,6-9,12-17H2,1,3-5H3/b20-10?,21-11+/t18-,22?,23?,24?,25?,27+/m0/s1. The molecular weight excluding hydrogens is 372 g/mol. The summed E-state index contributed by atoms with van der Waals surface area (Å²) in [5.74, 6) is 2.13. The number of allylic oxidation sites excluding steroid dienone is 3. The lowest BCUT2D eigenvalue weighted by Crippen LogP contribution is -2.36. The molecule has 3 N–H and O–H groups in total. The van der Waals surface area contributed by atoms with Crippen LogP contribution in [0.1, 0.15) is 91.9 Å². The minimum absolute atomic E-state index is 0.386. The van der Waals surface area contributed by atoms with E-state index in [0.717, 1.165) is 24.3 Å². The zero-order valence-electron chi connectivity index (χ0n) is 19.7. The highest BCUT2D eigenvalue weighted by Crippen LogP contribution is 2.60. The minimum atomic E-state index is -0.615. The SMILES string of the molecule is C=C1C(O)CC(=C/C=C2\CCC[C@@]3(C)C2CCC3[C@@H](C)CCCC(C)(C)O)CC1O. The van der Waals surface area contributed by atoms with Crippen LogP contribution in [0, 0.1) is 23.2 Å².